The van der Waals surface area contributed by atoms with Crippen molar-refractivity contribution in [1.29, 1.82) is 0 Å². The van der Waals surface area contributed by atoms with Crippen LogP contribution in [0.3, 0.4) is 0 Å². The van der Waals surface area contributed by atoms with Crippen molar-refractivity contribution in [3.05, 3.63) is 64.7 Å². The highest BCUT2D eigenvalue weighted by atomic mass is 32.2. The second-order valence-corrected chi connectivity index (χ2v) is 15.6. The standard InChI is InChI=1S/C32H49F2N5O7S2/c1-6-9-12-39(37-47(43,44)21-22(4)5)20-30(40)29(15-23-13-26(33)19-27(34)14-23)36-31(41)24-16-25(18-28(17-24)48(35,45)46)32(42)38(10-7-2)11-8-3/h13-14,16-19,22,29-30,37,40H,6-12,15,20-21H2,1-5H3,(H,36,41)(H2,35,45,46). The van der Waals surface area contributed by atoms with Gasteiger partial charge in [0.05, 0.1) is 22.8 Å². The Balaban J connectivity index is 2.54. The molecule has 0 aliphatic heterocycles. The molecule has 0 spiro atoms. The van der Waals surface area contributed by atoms with Gasteiger partial charge in [0.25, 0.3) is 11.8 Å². The average Bonchev–Trinajstić information content (AvgIpc) is 2.97. The second kappa shape index (κ2) is 18.7. The molecule has 0 fully saturated rings. The molecule has 0 aliphatic rings. The molecule has 5 N–H and O–H groups in total. The predicted molar refractivity (Wildman–Crippen MR) is 180 cm³/mol. The van der Waals surface area contributed by atoms with Crippen molar-refractivity contribution < 1.29 is 40.3 Å². The zero-order valence-electron chi connectivity index (χ0n) is 28.2. The molecule has 16 heteroatoms. The summed E-state index contributed by atoms with van der Waals surface area (Å²) in [7, 11) is -8.17. The zero-order chi connectivity index (χ0) is 36.2. The summed E-state index contributed by atoms with van der Waals surface area (Å²) in [5.41, 5.74) is -0.273. The first-order chi connectivity index (χ1) is 22.4. The van der Waals surface area contributed by atoms with Crippen LogP contribution < -0.4 is 15.3 Å². The summed E-state index contributed by atoms with van der Waals surface area (Å²) >= 11 is 0. The predicted octanol–water partition coefficient (Wildman–Crippen LogP) is 3.17. The minimum Gasteiger partial charge on any atom is -0.390 e. The number of nitrogens with zero attached hydrogens (tertiary/aromatic N) is 2. The topological polar surface area (TPSA) is 179 Å². The summed E-state index contributed by atoms with van der Waals surface area (Å²) < 4.78 is 78.5. The number of nitrogens with two attached hydrogens (primary N) is 1. The molecule has 0 bridgehead atoms. The Morgan fingerprint density at radius 3 is 1.98 bits per heavy atom. The molecule has 2 rings (SSSR count). The Labute approximate surface area is 283 Å². The molecule has 0 saturated carbocycles. The number of aliphatic hydroxyl groups excluding tert-OH is 1. The Morgan fingerprint density at radius 1 is 0.875 bits per heavy atom. The van der Waals surface area contributed by atoms with E-state index in [4.69, 9.17) is 5.14 Å². The Morgan fingerprint density at radius 2 is 1.46 bits per heavy atom. The number of hydrazine groups is 1. The van der Waals surface area contributed by atoms with E-state index in [0.29, 0.717) is 44.8 Å². The zero-order valence-corrected chi connectivity index (χ0v) is 29.8. The van der Waals surface area contributed by atoms with Gasteiger partial charge in [-0.15, -0.1) is 4.83 Å². The number of nitrogens with one attached hydrogen (secondary N) is 2. The number of amides is 2. The van der Waals surface area contributed by atoms with Crippen LogP contribution in [-0.2, 0) is 26.5 Å². The van der Waals surface area contributed by atoms with Gasteiger partial charge >= 0.3 is 0 Å². The first-order valence-corrected chi connectivity index (χ1v) is 19.2. The van der Waals surface area contributed by atoms with Crippen molar-refractivity contribution >= 4 is 31.9 Å². The molecular formula is C32H49F2N5O7S2. The SMILES string of the molecule is CCCCN(CC(O)C(Cc1cc(F)cc(F)c1)NC(=O)c1cc(C(=O)N(CCC)CCC)cc(S(N)(=O)=O)c1)NS(=O)(=O)CC(C)C. The van der Waals surface area contributed by atoms with Gasteiger partial charge in [-0.3, -0.25) is 9.59 Å². The third kappa shape index (κ3) is 13.5. The fourth-order valence-electron chi connectivity index (χ4n) is 5.12. The number of halogens is 2. The van der Waals surface area contributed by atoms with Crippen LogP contribution in [0, 0.1) is 17.6 Å². The number of hydrogen-bond donors (Lipinski definition) is 4. The van der Waals surface area contributed by atoms with Crippen molar-refractivity contribution in [2.24, 2.45) is 11.1 Å². The molecule has 2 aromatic carbocycles. The minimum absolute atomic E-state index is 0.0845. The molecule has 2 atom stereocenters. The molecule has 0 aromatic heterocycles. The van der Waals surface area contributed by atoms with Crippen LogP contribution in [0.2, 0.25) is 0 Å². The van der Waals surface area contributed by atoms with Gasteiger partial charge in [0.2, 0.25) is 20.0 Å². The van der Waals surface area contributed by atoms with Crippen LogP contribution in [-0.4, -0.2) is 87.7 Å². The van der Waals surface area contributed by atoms with Crippen molar-refractivity contribution in [2.45, 2.75) is 83.8 Å². The third-order valence-electron chi connectivity index (χ3n) is 7.19. The number of unbranched alkanes of at least 4 members (excludes halogenated alkanes) is 1. The quantitative estimate of drug-likeness (QED) is 0.151. The fraction of sp³-hybridized carbons (Fsp3) is 0.562. The maximum Gasteiger partial charge on any atom is 0.253 e. The van der Waals surface area contributed by atoms with Gasteiger partial charge in [0, 0.05) is 43.4 Å². The molecule has 0 aliphatic carbocycles. The number of carbonyl (C=O) groups excluding carboxylic acids is 2. The van der Waals surface area contributed by atoms with Crippen molar-refractivity contribution in [1.82, 2.24) is 20.1 Å². The van der Waals surface area contributed by atoms with E-state index in [2.05, 4.69) is 10.1 Å². The van der Waals surface area contributed by atoms with E-state index in [-0.39, 0.29) is 47.9 Å². The highest BCUT2D eigenvalue weighted by Gasteiger charge is 2.28. The number of carbonyl (C=O) groups is 2. The van der Waals surface area contributed by atoms with E-state index in [9.17, 15) is 40.3 Å². The second-order valence-electron chi connectivity index (χ2n) is 12.3. The lowest BCUT2D eigenvalue weighted by molar-refractivity contribution is 0.0614. The van der Waals surface area contributed by atoms with Gasteiger partial charge in [-0.25, -0.2) is 35.8 Å². The van der Waals surface area contributed by atoms with E-state index >= 15 is 0 Å². The lowest BCUT2D eigenvalue weighted by Crippen LogP contribution is -2.54. The Hall–Kier alpha value is -3.02. The molecule has 2 aromatic rings. The highest BCUT2D eigenvalue weighted by molar-refractivity contribution is 7.89. The van der Waals surface area contributed by atoms with E-state index in [1.807, 2.05) is 20.8 Å². The largest absolute Gasteiger partial charge is 0.390 e. The van der Waals surface area contributed by atoms with Gasteiger partial charge < -0.3 is 15.3 Å². The molecule has 270 valence electrons. The van der Waals surface area contributed by atoms with Gasteiger partial charge in [-0.1, -0.05) is 41.0 Å². The summed E-state index contributed by atoms with van der Waals surface area (Å²) in [4.78, 5) is 30.6. The maximum absolute atomic E-state index is 14.1. The van der Waals surface area contributed by atoms with E-state index in [0.717, 1.165) is 24.3 Å². The first kappa shape index (κ1) is 41.2. The van der Waals surface area contributed by atoms with Gasteiger partial charge in [0.1, 0.15) is 11.6 Å². The van der Waals surface area contributed by atoms with Crippen LogP contribution in [0.4, 0.5) is 8.78 Å². The number of aliphatic hydroxyl groups is 1. The number of hydrogen-bond acceptors (Lipinski definition) is 8. The van der Waals surface area contributed by atoms with Gasteiger partial charge in [-0.05, 0) is 67.5 Å². The van der Waals surface area contributed by atoms with Gasteiger partial charge in [-0.2, -0.15) is 0 Å². The van der Waals surface area contributed by atoms with Crippen LogP contribution in [0.25, 0.3) is 0 Å². The van der Waals surface area contributed by atoms with Crippen LogP contribution in [0.15, 0.2) is 41.3 Å². The van der Waals surface area contributed by atoms with Crippen LogP contribution in [0.5, 0.6) is 0 Å². The number of sulfonamides is 2. The third-order valence-corrected chi connectivity index (χ3v) is 9.72. The summed E-state index contributed by atoms with van der Waals surface area (Å²) in [6.07, 6.45) is 0.757. The van der Waals surface area contributed by atoms with E-state index < -0.39 is 60.5 Å². The number of rotatable bonds is 20. The lowest BCUT2D eigenvalue weighted by Gasteiger charge is -2.30. The van der Waals surface area contributed by atoms with Crippen LogP contribution in [0.1, 0.15) is 86.6 Å². The van der Waals surface area contributed by atoms with Crippen LogP contribution >= 0.6 is 0 Å². The molecule has 2 amide bonds. The summed E-state index contributed by atoms with van der Waals surface area (Å²) in [5, 5.41) is 20.7. The average molecular weight is 718 g/mol. The van der Waals surface area contributed by atoms with Crippen molar-refractivity contribution in [3.63, 3.8) is 0 Å². The first-order valence-electron chi connectivity index (χ1n) is 16.0. The van der Waals surface area contributed by atoms with E-state index in [1.165, 1.54) is 16.0 Å². The summed E-state index contributed by atoms with van der Waals surface area (Å²) in [6, 6.07) is 4.76. The van der Waals surface area contributed by atoms with Crippen molar-refractivity contribution in [3.8, 4) is 0 Å². The minimum atomic E-state index is -4.37. The molecule has 0 radical (unpaired) electrons. The smallest absolute Gasteiger partial charge is 0.253 e. The Kier molecular flexibility index (Phi) is 16.0. The molecular weight excluding hydrogens is 669 g/mol. The molecule has 0 saturated heterocycles. The maximum atomic E-state index is 14.1. The molecule has 0 heterocycles. The monoisotopic (exact) mass is 717 g/mol. The normalized spacial score (nSPS) is 13.5. The summed E-state index contributed by atoms with van der Waals surface area (Å²) in [5.74, 6) is -3.55. The molecule has 48 heavy (non-hydrogen) atoms. The molecule has 2 unspecified atom stereocenters. The van der Waals surface area contributed by atoms with Gasteiger partial charge in [0.15, 0.2) is 0 Å². The van der Waals surface area contributed by atoms with Crippen molar-refractivity contribution in [2.75, 3.05) is 31.9 Å². The number of benzene rings is 2. The summed E-state index contributed by atoms with van der Waals surface area (Å²) in [6.45, 7) is 9.82. The molecule has 12 nitrogen and oxygen atoms in total. The Bertz CT molecular complexity index is 1580. The number of primary sulfonamides is 1. The lowest BCUT2D eigenvalue weighted by atomic mass is 9.99. The highest BCUT2D eigenvalue weighted by Crippen LogP contribution is 2.19. The fourth-order valence-corrected chi connectivity index (χ4v) is 7.22. The van der Waals surface area contributed by atoms with E-state index in [1.54, 1.807) is 13.8 Å².